The summed E-state index contributed by atoms with van der Waals surface area (Å²) in [7, 11) is 1.57. The molecule has 0 aromatic heterocycles. The maximum absolute atomic E-state index is 12.9. The monoisotopic (exact) mass is 529 g/mol. The smallest absolute Gasteiger partial charge is 0.256 e. The van der Waals surface area contributed by atoms with E-state index >= 15 is 0 Å². The molecule has 2 fully saturated rings. The first-order chi connectivity index (χ1) is 15.0. The van der Waals surface area contributed by atoms with Crippen LogP contribution < -0.4 is 5.32 Å². The molecule has 4 rings (SSSR count). The van der Waals surface area contributed by atoms with Crippen LogP contribution in [-0.4, -0.2) is 33.6 Å². The first-order valence-electron chi connectivity index (χ1n) is 9.64. The van der Waals surface area contributed by atoms with E-state index in [0.29, 0.717) is 34.1 Å². The van der Waals surface area contributed by atoms with Gasteiger partial charge in [0.1, 0.15) is 9.87 Å². The van der Waals surface area contributed by atoms with E-state index in [0.717, 1.165) is 0 Å². The minimum Gasteiger partial charge on any atom is -0.326 e. The van der Waals surface area contributed by atoms with Gasteiger partial charge < -0.3 is 10.2 Å². The summed E-state index contributed by atoms with van der Waals surface area (Å²) in [6, 6.07) is 11.7. The molecule has 2 saturated carbocycles. The highest BCUT2D eigenvalue weighted by Gasteiger charge is 2.67. The van der Waals surface area contributed by atoms with E-state index in [2.05, 4.69) is 11.4 Å². The second-order valence-corrected chi connectivity index (χ2v) is 10.7. The first kappa shape index (κ1) is 23.5. The molecule has 0 heterocycles. The first-order valence-corrected chi connectivity index (χ1v) is 11.5. The maximum Gasteiger partial charge on any atom is 0.256 e. The second-order valence-electron chi connectivity index (χ2n) is 8.02. The molecule has 2 aromatic carbocycles. The molecule has 2 aromatic rings. The van der Waals surface area contributed by atoms with Crippen LogP contribution in [0.2, 0.25) is 15.1 Å². The molecule has 2 amide bonds. The number of amides is 2. The zero-order valence-corrected chi connectivity index (χ0v) is 20.4. The molecule has 2 atom stereocenters. The third-order valence-electron chi connectivity index (χ3n) is 5.92. The third kappa shape index (κ3) is 4.16. The summed E-state index contributed by atoms with van der Waals surface area (Å²) in [5, 5.41) is 13.2. The van der Waals surface area contributed by atoms with E-state index in [1.807, 2.05) is 0 Å². The minimum absolute atomic E-state index is 0.186. The van der Waals surface area contributed by atoms with Crippen LogP contribution in [0.3, 0.4) is 0 Å². The van der Waals surface area contributed by atoms with Crippen molar-refractivity contribution in [3.05, 3.63) is 62.6 Å². The number of nitrogens with zero attached hydrogens (tertiary/aromatic N) is 2. The largest absolute Gasteiger partial charge is 0.326 e. The van der Waals surface area contributed by atoms with Crippen LogP contribution >= 0.6 is 58.0 Å². The van der Waals surface area contributed by atoms with Crippen LogP contribution in [0, 0.1) is 17.2 Å². The summed E-state index contributed by atoms with van der Waals surface area (Å²) in [5.41, 5.74) is 0.408. The zero-order valence-electron chi connectivity index (χ0n) is 16.6. The maximum atomic E-state index is 12.9. The molecule has 32 heavy (non-hydrogen) atoms. The highest BCUT2D eigenvalue weighted by molar-refractivity contribution is 6.53. The Morgan fingerprint density at radius 1 is 1.09 bits per heavy atom. The Morgan fingerprint density at radius 2 is 1.72 bits per heavy atom. The number of hydrogen-bond donors (Lipinski definition) is 1. The summed E-state index contributed by atoms with van der Waals surface area (Å²) >= 11 is 31.2. The number of carbonyl (C=O) groups excluding carboxylic acids is 2. The second kappa shape index (κ2) is 8.27. The van der Waals surface area contributed by atoms with Crippen LogP contribution in [0.1, 0.15) is 34.7 Å². The van der Waals surface area contributed by atoms with E-state index in [1.165, 1.54) is 17.0 Å². The van der Waals surface area contributed by atoms with Gasteiger partial charge in [0.05, 0.1) is 22.6 Å². The topological polar surface area (TPSA) is 73.2 Å². The van der Waals surface area contributed by atoms with Gasteiger partial charge >= 0.3 is 0 Å². The molecule has 0 spiro atoms. The van der Waals surface area contributed by atoms with Crippen LogP contribution in [0.25, 0.3) is 0 Å². The Bertz CT molecular complexity index is 1150. The van der Waals surface area contributed by atoms with Crippen LogP contribution in [0.15, 0.2) is 36.4 Å². The molecule has 0 bridgehead atoms. The number of nitriles is 1. The van der Waals surface area contributed by atoms with Crippen molar-refractivity contribution < 1.29 is 9.59 Å². The molecule has 2 aliphatic rings. The van der Waals surface area contributed by atoms with Gasteiger partial charge in [-0.15, -0.1) is 23.2 Å². The average molecular weight is 532 g/mol. The predicted octanol–water partition coefficient (Wildman–Crippen LogP) is 6.30. The van der Waals surface area contributed by atoms with E-state index in [-0.39, 0.29) is 10.6 Å². The molecule has 166 valence electrons. The average Bonchev–Trinajstić information content (AvgIpc) is 3.62. The third-order valence-corrected chi connectivity index (χ3v) is 7.63. The highest BCUT2D eigenvalue weighted by atomic mass is 35.5. The lowest BCUT2D eigenvalue weighted by Gasteiger charge is -2.23. The van der Waals surface area contributed by atoms with E-state index < -0.39 is 33.5 Å². The standard InChI is InChI=1S/C22H16Cl5N3O2/c1-30(21(10-28)4-5-21)20(32)15-9-14(2-3-16(15)25)29-19(31)18-17(22(18,26)27)11-6-12(23)8-13(24)7-11/h2-3,6-9,17-18H,4-5H2,1H3,(H,29,31)/t17-,18+/m1/s1. The van der Waals surface area contributed by atoms with Crippen molar-refractivity contribution in [3.8, 4) is 6.07 Å². The Hall–Kier alpha value is -1.68. The Labute approximate surface area is 210 Å². The van der Waals surface area contributed by atoms with Crippen LogP contribution in [0.4, 0.5) is 5.69 Å². The molecular weight excluding hydrogens is 516 g/mol. The van der Waals surface area contributed by atoms with Crippen molar-refractivity contribution in [3.63, 3.8) is 0 Å². The van der Waals surface area contributed by atoms with Gasteiger partial charge in [0.2, 0.25) is 5.91 Å². The molecule has 2 aliphatic carbocycles. The number of carbonyl (C=O) groups is 2. The Morgan fingerprint density at radius 3 is 2.28 bits per heavy atom. The number of hydrogen-bond acceptors (Lipinski definition) is 3. The fourth-order valence-corrected chi connectivity index (χ4v) is 5.39. The fourth-order valence-electron chi connectivity index (χ4n) is 3.83. The van der Waals surface area contributed by atoms with E-state index in [1.54, 1.807) is 31.3 Å². The van der Waals surface area contributed by atoms with Crippen molar-refractivity contribution in [1.82, 2.24) is 4.90 Å². The van der Waals surface area contributed by atoms with E-state index in [4.69, 9.17) is 58.0 Å². The highest BCUT2D eigenvalue weighted by Crippen LogP contribution is 2.65. The summed E-state index contributed by atoms with van der Waals surface area (Å²) in [6.45, 7) is 0. The minimum atomic E-state index is -1.32. The number of halogens is 5. The molecule has 10 heteroatoms. The summed E-state index contributed by atoms with van der Waals surface area (Å²) in [4.78, 5) is 27.2. The van der Waals surface area contributed by atoms with Gasteiger partial charge in [0.15, 0.2) is 0 Å². The van der Waals surface area contributed by atoms with Gasteiger partial charge in [-0.25, -0.2) is 0 Å². The number of anilines is 1. The molecular formula is C22H16Cl5N3O2. The molecule has 1 N–H and O–H groups in total. The van der Waals surface area contributed by atoms with Gasteiger partial charge in [-0.2, -0.15) is 5.26 Å². The van der Waals surface area contributed by atoms with Crippen molar-refractivity contribution in [2.24, 2.45) is 5.92 Å². The van der Waals surface area contributed by atoms with Crippen LogP contribution in [-0.2, 0) is 4.79 Å². The normalized spacial score (nSPS) is 21.9. The van der Waals surface area contributed by atoms with Crippen molar-refractivity contribution >= 4 is 75.5 Å². The van der Waals surface area contributed by atoms with Gasteiger partial charge in [-0.3, -0.25) is 9.59 Å². The molecule has 0 unspecified atom stereocenters. The van der Waals surface area contributed by atoms with Crippen molar-refractivity contribution in [1.29, 1.82) is 5.26 Å². The summed E-state index contributed by atoms with van der Waals surface area (Å²) in [5.74, 6) is -2.05. The number of alkyl halides is 2. The van der Waals surface area contributed by atoms with Gasteiger partial charge in [-0.05, 0) is 54.8 Å². The lowest BCUT2D eigenvalue weighted by atomic mass is 10.1. The molecule has 0 aliphatic heterocycles. The lowest BCUT2D eigenvalue weighted by Crippen LogP contribution is -2.38. The van der Waals surface area contributed by atoms with Gasteiger partial charge in [0.25, 0.3) is 5.91 Å². The summed E-state index contributed by atoms with van der Waals surface area (Å²) < 4.78 is -1.32. The zero-order chi connectivity index (χ0) is 23.4. The SMILES string of the molecule is CN(C(=O)c1cc(NC(=O)[C@@H]2[C@@H](c3cc(Cl)cc(Cl)c3)C2(Cl)Cl)ccc1Cl)C1(C#N)CC1. The quantitative estimate of drug-likeness (QED) is 0.460. The van der Waals surface area contributed by atoms with Gasteiger partial charge in [-0.1, -0.05) is 34.8 Å². The fraction of sp³-hybridized carbons (Fsp3) is 0.318. The predicted molar refractivity (Wildman–Crippen MR) is 127 cm³/mol. The molecule has 0 saturated heterocycles. The van der Waals surface area contributed by atoms with Crippen LogP contribution in [0.5, 0.6) is 0 Å². The van der Waals surface area contributed by atoms with Gasteiger partial charge in [0, 0.05) is 28.7 Å². The number of benzene rings is 2. The van der Waals surface area contributed by atoms with Crippen molar-refractivity contribution in [2.45, 2.75) is 28.6 Å². The Balaban J connectivity index is 1.53. The summed E-state index contributed by atoms with van der Waals surface area (Å²) in [6.07, 6.45) is 1.23. The van der Waals surface area contributed by atoms with E-state index in [9.17, 15) is 14.9 Å². The number of rotatable bonds is 5. The molecule has 5 nitrogen and oxygen atoms in total. The number of nitrogens with one attached hydrogen (secondary N) is 1. The Kier molecular flexibility index (Phi) is 6.07. The van der Waals surface area contributed by atoms with Crippen molar-refractivity contribution in [2.75, 3.05) is 12.4 Å². The molecule has 0 radical (unpaired) electrons. The lowest BCUT2D eigenvalue weighted by molar-refractivity contribution is -0.117.